The summed E-state index contributed by atoms with van der Waals surface area (Å²) in [5.41, 5.74) is 9.31. The Balaban J connectivity index is 2.08. The van der Waals surface area contributed by atoms with Gasteiger partial charge in [0.1, 0.15) is 5.52 Å². The van der Waals surface area contributed by atoms with Crippen LogP contribution in [0.5, 0.6) is 0 Å². The zero-order chi connectivity index (χ0) is 12.0. The Hall–Kier alpha value is -1.58. The van der Waals surface area contributed by atoms with Crippen molar-refractivity contribution in [3.05, 3.63) is 17.8 Å². The number of nitrogens with zero attached hydrogens (tertiary/aromatic N) is 3. The maximum absolute atomic E-state index is 6.00. The van der Waals surface area contributed by atoms with E-state index in [1.807, 2.05) is 19.1 Å². The van der Waals surface area contributed by atoms with Crippen LogP contribution < -0.4 is 5.73 Å². The van der Waals surface area contributed by atoms with E-state index in [9.17, 15) is 0 Å². The lowest BCUT2D eigenvalue weighted by Gasteiger charge is -2.14. The normalized spacial score (nSPS) is 17.5. The number of fused-ring (bicyclic) bond motifs is 1. The highest BCUT2D eigenvalue weighted by atomic mass is 15.2. The molecule has 0 unspecified atom stereocenters. The summed E-state index contributed by atoms with van der Waals surface area (Å²) in [7, 11) is 0. The highest BCUT2D eigenvalue weighted by Crippen LogP contribution is 2.50. The number of imidazole rings is 1. The number of hydrogen-bond acceptors (Lipinski definition) is 3. The fourth-order valence-electron chi connectivity index (χ4n) is 2.41. The van der Waals surface area contributed by atoms with Crippen LogP contribution in [-0.4, -0.2) is 14.5 Å². The summed E-state index contributed by atoms with van der Waals surface area (Å²) in [5.74, 6) is 0.595. The number of pyridine rings is 1. The van der Waals surface area contributed by atoms with Crippen LogP contribution in [0.3, 0.4) is 0 Å². The highest BCUT2D eigenvalue weighted by Gasteiger charge is 2.41. The first kappa shape index (κ1) is 10.6. The number of rotatable bonds is 3. The highest BCUT2D eigenvalue weighted by molar-refractivity contribution is 5.74. The average molecular weight is 230 g/mol. The van der Waals surface area contributed by atoms with Crippen molar-refractivity contribution >= 4 is 17.1 Å². The molecule has 0 radical (unpaired) electrons. The number of aryl methyl sites for hydroxylation is 1. The molecular formula is C13H18N4. The van der Waals surface area contributed by atoms with Gasteiger partial charge in [-0.2, -0.15) is 0 Å². The molecule has 90 valence electrons. The van der Waals surface area contributed by atoms with Crippen LogP contribution in [0.1, 0.15) is 31.9 Å². The Kier molecular flexibility index (Phi) is 2.15. The van der Waals surface area contributed by atoms with Gasteiger partial charge in [-0.3, -0.25) is 4.57 Å². The predicted octanol–water partition coefficient (Wildman–Crippen LogP) is 2.51. The molecule has 17 heavy (non-hydrogen) atoms. The minimum Gasteiger partial charge on any atom is -0.369 e. The minimum absolute atomic E-state index is 0.452. The van der Waals surface area contributed by atoms with Crippen molar-refractivity contribution in [2.75, 3.05) is 5.73 Å². The number of nitrogen functional groups attached to an aromatic ring is 1. The quantitative estimate of drug-likeness (QED) is 0.881. The third-order valence-electron chi connectivity index (χ3n) is 3.96. The molecule has 1 aliphatic rings. The molecule has 2 aromatic heterocycles. The first-order chi connectivity index (χ1) is 8.13. The Morgan fingerprint density at radius 3 is 2.76 bits per heavy atom. The zero-order valence-corrected chi connectivity index (χ0v) is 10.4. The second kappa shape index (κ2) is 3.45. The van der Waals surface area contributed by atoms with Gasteiger partial charge in [-0.15, -0.1) is 0 Å². The number of hydrogen-bond donors (Lipinski definition) is 1. The second-order valence-electron chi connectivity index (χ2n) is 5.21. The van der Waals surface area contributed by atoms with Crippen molar-refractivity contribution in [3.63, 3.8) is 0 Å². The molecule has 0 aliphatic heterocycles. The van der Waals surface area contributed by atoms with E-state index >= 15 is 0 Å². The van der Waals surface area contributed by atoms with Gasteiger partial charge >= 0.3 is 0 Å². The fraction of sp³-hybridized carbons (Fsp3) is 0.538. The summed E-state index contributed by atoms with van der Waals surface area (Å²) in [6.07, 6.45) is 3.81. The summed E-state index contributed by atoms with van der Waals surface area (Å²) >= 11 is 0. The first-order valence-electron chi connectivity index (χ1n) is 6.23. The monoisotopic (exact) mass is 230 g/mol. The molecule has 1 aliphatic carbocycles. The lowest BCUT2D eigenvalue weighted by atomic mass is 10.0. The van der Waals surface area contributed by atoms with Gasteiger partial charge in [0.25, 0.3) is 0 Å². The number of anilines is 1. The number of aromatic nitrogens is 3. The molecule has 2 N–H and O–H groups in total. The van der Waals surface area contributed by atoms with E-state index in [1.165, 1.54) is 19.3 Å². The fourth-order valence-corrected chi connectivity index (χ4v) is 2.41. The summed E-state index contributed by atoms with van der Waals surface area (Å²) in [6.45, 7) is 5.21. The zero-order valence-electron chi connectivity index (χ0n) is 10.4. The summed E-state index contributed by atoms with van der Waals surface area (Å²) in [4.78, 5) is 8.94. The number of nitrogens with two attached hydrogens (primary N) is 1. The van der Waals surface area contributed by atoms with Gasteiger partial charge in [0.05, 0.1) is 0 Å². The van der Waals surface area contributed by atoms with E-state index in [-0.39, 0.29) is 0 Å². The summed E-state index contributed by atoms with van der Waals surface area (Å²) in [5, 5.41) is 0. The molecule has 0 spiro atoms. The lowest BCUT2D eigenvalue weighted by Crippen LogP contribution is -2.13. The molecule has 1 fully saturated rings. The summed E-state index contributed by atoms with van der Waals surface area (Å²) in [6, 6.07) is 3.97. The molecule has 0 aromatic carbocycles. The molecule has 0 bridgehead atoms. The van der Waals surface area contributed by atoms with Gasteiger partial charge in [0, 0.05) is 12.2 Å². The van der Waals surface area contributed by atoms with Crippen molar-refractivity contribution in [1.29, 1.82) is 0 Å². The van der Waals surface area contributed by atoms with Crippen LogP contribution in [0.4, 0.5) is 5.95 Å². The van der Waals surface area contributed by atoms with Gasteiger partial charge in [-0.25, -0.2) is 9.97 Å². The predicted molar refractivity (Wildman–Crippen MR) is 68.6 cm³/mol. The topological polar surface area (TPSA) is 56.7 Å². The van der Waals surface area contributed by atoms with Gasteiger partial charge in [-0.1, -0.05) is 6.92 Å². The van der Waals surface area contributed by atoms with Gasteiger partial charge in [0.2, 0.25) is 5.95 Å². The standard InChI is InChI=1S/C13H18N4/c1-3-13(6-7-13)8-17-11-10(16-12(17)14)5-4-9(2)15-11/h4-5H,3,6-8H2,1-2H3,(H2,14,16). The molecule has 2 aromatic rings. The lowest BCUT2D eigenvalue weighted by molar-refractivity contribution is 0.417. The first-order valence-corrected chi connectivity index (χ1v) is 6.23. The molecule has 4 nitrogen and oxygen atoms in total. The van der Waals surface area contributed by atoms with Crippen molar-refractivity contribution in [3.8, 4) is 0 Å². The van der Waals surface area contributed by atoms with E-state index < -0.39 is 0 Å². The third kappa shape index (κ3) is 1.68. The molecule has 0 atom stereocenters. The Morgan fingerprint density at radius 1 is 1.35 bits per heavy atom. The van der Waals surface area contributed by atoms with Gasteiger partial charge in [-0.05, 0) is 43.7 Å². The SMILES string of the molecule is CCC1(Cn2c(N)nc3ccc(C)nc32)CC1. The van der Waals surface area contributed by atoms with Crippen LogP contribution in [0.25, 0.3) is 11.2 Å². The maximum Gasteiger partial charge on any atom is 0.202 e. The largest absolute Gasteiger partial charge is 0.369 e. The van der Waals surface area contributed by atoms with E-state index in [4.69, 9.17) is 5.73 Å². The molecule has 1 saturated carbocycles. The third-order valence-corrected chi connectivity index (χ3v) is 3.96. The minimum atomic E-state index is 0.452. The molecule has 2 heterocycles. The van der Waals surface area contributed by atoms with Crippen molar-refractivity contribution in [2.24, 2.45) is 5.41 Å². The maximum atomic E-state index is 6.00. The Bertz CT molecular complexity index is 566. The molecule has 3 rings (SSSR count). The average Bonchev–Trinajstić information content (AvgIpc) is 3.03. The second-order valence-corrected chi connectivity index (χ2v) is 5.21. The molecule has 0 saturated heterocycles. The molecular weight excluding hydrogens is 212 g/mol. The van der Waals surface area contributed by atoms with E-state index in [2.05, 4.69) is 21.5 Å². The van der Waals surface area contributed by atoms with E-state index in [0.29, 0.717) is 11.4 Å². The van der Waals surface area contributed by atoms with E-state index in [1.54, 1.807) is 0 Å². The molecule has 0 amide bonds. The van der Waals surface area contributed by atoms with Crippen LogP contribution in [-0.2, 0) is 6.54 Å². The smallest absolute Gasteiger partial charge is 0.202 e. The van der Waals surface area contributed by atoms with Crippen molar-refractivity contribution < 1.29 is 0 Å². The van der Waals surface area contributed by atoms with Gasteiger partial charge in [0.15, 0.2) is 5.65 Å². The van der Waals surface area contributed by atoms with Crippen LogP contribution in [0, 0.1) is 12.3 Å². The van der Waals surface area contributed by atoms with Crippen LogP contribution in [0.15, 0.2) is 12.1 Å². The van der Waals surface area contributed by atoms with Gasteiger partial charge < -0.3 is 5.73 Å². The Morgan fingerprint density at radius 2 is 2.12 bits per heavy atom. The summed E-state index contributed by atoms with van der Waals surface area (Å²) < 4.78 is 2.08. The van der Waals surface area contributed by atoms with Crippen molar-refractivity contribution in [2.45, 2.75) is 39.7 Å². The van der Waals surface area contributed by atoms with Crippen molar-refractivity contribution in [1.82, 2.24) is 14.5 Å². The van der Waals surface area contributed by atoms with Crippen LogP contribution >= 0.6 is 0 Å². The van der Waals surface area contributed by atoms with Crippen LogP contribution in [0.2, 0.25) is 0 Å². The molecule has 4 heteroatoms. The van der Waals surface area contributed by atoms with E-state index in [0.717, 1.165) is 23.4 Å². The Labute approximate surface area is 101 Å².